The third-order valence-electron chi connectivity index (χ3n) is 2.47. The fourth-order valence-electron chi connectivity index (χ4n) is 1.53. The average Bonchev–Trinajstić information content (AvgIpc) is 2.87. The van der Waals surface area contributed by atoms with Crippen LogP contribution in [0.15, 0.2) is 30.6 Å². The van der Waals surface area contributed by atoms with Gasteiger partial charge in [0.05, 0.1) is 27.9 Å². The van der Waals surface area contributed by atoms with Gasteiger partial charge in [0.15, 0.2) is 0 Å². The van der Waals surface area contributed by atoms with Crippen LogP contribution in [0, 0.1) is 21.4 Å². The van der Waals surface area contributed by atoms with Gasteiger partial charge in [-0.1, -0.05) is 0 Å². The van der Waals surface area contributed by atoms with Gasteiger partial charge in [-0.3, -0.25) is 10.1 Å². The van der Waals surface area contributed by atoms with Gasteiger partial charge in [-0.25, -0.2) is 4.68 Å². The van der Waals surface area contributed by atoms with Crippen LogP contribution >= 0.6 is 0 Å². The second kappa shape index (κ2) is 4.65. The van der Waals surface area contributed by atoms with Crippen LogP contribution in [-0.2, 0) is 6.18 Å². The highest BCUT2D eigenvalue weighted by Gasteiger charge is 2.32. The smallest absolute Gasteiger partial charge is 0.258 e. The van der Waals surface area contributed by atoms with E-state index in [4.69, 9.17) is 5.26 Å². The van der Waals surface area contributed by atoms with E-state index in [2.05, 4.69) is 5.10 Å². The lowest BCUT2D eigenvalue weighted by Gasteiger charge is -2.04. The summed E-state index contributed by atoms with van der Waals surface area (Å²) in [5.74, 6) is 0. The molecule has 0 radical (unpaired) electrons. The van der Waals surface area contributed by atoms with Crippen molar-refractivity contribution >= 4 is 5.69 Å². The average molecular weight is 282 g/mol. The van der Waals surface area contributed by atoms with Gasteiger partial charge in [0.1, 0.15) is 6.07 Å². The number of rotatable bonds is 2. The predicted molar refractivity (Wildman–Crippen MR) is 59.9 cm³/mol. The zero-order valence-electron chi connectivity index (χ0n) is 9.63. The Bertz CT molecular complexity index is 715. The number of aromatic nitrogens is 2. The quantitative estimate of drug-likeness (QED) is 0.626. The van der Waals surface area contributed by atoms with Crippen molar-refractivity contribution in [3.8, 4) is 11.8 Å². The predicted octanol–water partition coefficient (Wildman–Crippen LogP) is 2.67. The van der Waals surface area contributed by atoms with Crippen LogP contribution in [0.4, 0.5) is 18.9 Å². The normalized spacial score (nSPS) is 11.1. The molecule has 0 saturated heterocycles. The van der Waals surface area contributed by atoms with Crippen molar-refractivity contribution in [1.29, 1.82) is 5.26 Å². The number of benzene rings is 1. The molecule has 1 heterocycles. The molecule has 0 N–H and O–H groups in total. The van der Waals surface area contributed by atoms with Crippen LogP contribution < -0.4 is 0 Å². The number of nitro groups is 1. The second-order valence-electron chi connectivity index (χ2n) is 3.74. The first kappa shape index (κ1) is 13.5. The minimum absolute atomic E-state index is 0.0357. The van der Waals surface area contributed by atoms with Gasteiger partial charge in [-0.15, -0.1) is 0 Å². The largest absolute Gasteiger partial charge is 0.419 e. The van der Waals surface area contributed by atoms with Gasteiger partial charge >= 0.3 is 6.18 Å². The molecule has 0 aliphatic heterocycles. The van der Waals surface area contributed by atoms with Gasteiger partial charge in [-0.05, 0) is 6.07 Å². The van der Waals surface area contributed by atoms with Crippen molar-refractivity contribution in [3.05, 3.63) is 51.8 Å². The fourth-order valence-corrected chi connectivity index (χ4v) is 1.53. The maximum absolute atomic E-state index is 12.5. The summed E-state index contributed by atoms with van der Waals surface area (Å²) in [6.45, 7) is 0. The van der Waals surface area contributed by atoms with Crippen molar-refractivity contribution in [3.63, 3.8) is 0 Å². The molecule has 0 atom stereocenters. The zero-order chi connectivity index (χ0) is 14.9. The molecule has 6 nitrogen and oxygen atoms in total. The van der Waals surface area contributed by atoms with E-state index in [1.165, 1.54) is 6.07 Å². The van der Waals surface area contributed by atoms with Crippen molar-refractivity contribution in [1.82, 2.24) is 9.78 Å². The van der Waals surface area contributed by atoms with E-state index in [9.17, 15) is 23.3 Å². The number of hydrogen-bond donors (Lipinski definition) is 0. The third kappa shape index (κ3) is 2.44. The lowest BCUT2D eigenvalue weighted by Crippen LogP contribution is -2.03. The first-order valence-electron chi connectivity index (χ1n) is 5.13. The molecule has 2 rings (SSSR count). The Morgan fingerprint density at radius 3 is 2.60 bits per heavy atom. The summed E-state index contributed by atoms with van der Waals surface area (Å²) in [7, 11) is 0. The van der Waals surface area contributed by atoms with Crippen LogP contribution in [0.5, 0.6) is 0 Å². The van der Waals surface area contributed by atoms with Crippen LogP contribution in [-0.4, -0.2) is 14.7 Å². The number of nitriles is 1. The van der Waals surface area contributed by atoms with Gasteiger partial charge in [0, 0.05) is 18.3 Å². The van der Waals surface area contributed by atoms with E-state index in [-0.39, 0.29) is 16.9 Å². The van der Waals surface area contributed by atoms with Crippen LogP contribution in [0.25, 0.3) is 5.69 Å². The Labute approximate surface area is 109 Å². The van der Waals surface area contributed by atoms with Crippen LogP contribution in [0.2, 0.25) is 0 Å². The van der Waals surface area contributed by atoms with E-state index in [0.717, 1.165) is 16.8 Å². The molecule has 0 amide bonds. The van der Waals surface area contributed by atoms with E-state index in [1.807, 2.05) is 0 Å². The molecule has 0 bridgehead atoms. The Morgan fingerprint density at radius 2 is 2.10 bits per heavy atom. The molecule has 0 saturated carbocycles. The number of alkyl halides is 3. The molecule has 0 aliphatic rings. The summed E-state index contributed by atoms with van der Waals surface area (Å²) < 4.78 is 38.2. The standard InChI is InChI=1S/C11H5F3N4O2/c12-11(13,14)8-5-16-17(6-8)10-2-1-9(18(19)20)3-7(10)4-15/h1-3,5-6H. The molecule has 2 aromatic rings. The molecular weight excluding hydrogens is 277 g/mol. The summed E-state index contributed by atoms with van der Waals surface area (Å²) in [6.07, 6.45) is -3.23. The molecule has 1 aromatic heterocycles. The third-order valence-corrected chi connectivity index (χ3v) is 2.47. The second-order valence-corrected chi connectivity index (χ2v) is 3.74. The van der Waals surface area contributed by atoms with E-state index < -0.39 is 16.7 Å². The highest BCUT2D eigenvalue weighted by Crippen LogP contribution is 2.29. The zero-order valence-corrected chi connectivity index (χ0v) is 9.63. The number of nitrogens with zero attached hydrogens (tertiary/aromatic N) is 4. The molecule has 1 aromatic carbocycles. The molecule has 9 heteroatoms. The lowest BCUT2D eigenvalue weighted by molar-refractivity contribution is -0.384. The molecule has 0 aliphatic carbocycles. The van der Waals surface area contributed by atoms with Gasteiger partial charge in [-0.2, -0.15) is 23.5 Å². The number of nitro benzene ring substituents is 1. The molecule has 0 unspecified atom stereocenters. The summed E-state index contributed by atoms with van der Waals surface area (Å²) in [4.78, 5) is 9.88. The fraction of sp³-hybridized carbons (Fsp3) is 0.0909. The van der Waals surface area contributed by atoms with Crippen molar-refractivity contribution in [2.75, 3.05) is 0 Å². The molecule has 20 heavy (non-hydrogen) atoms. The Morgan fingerprint density at radius 1 is 1.40 bits per heavy atom. The van der Waals surface area contributed by atoms with Crippen molar-refractivity contribution < 1.29 is 18.1 Å². The molecule has 0 spiro atoms. The molecule has 102 valence electrons. The van der Waals surface area contributed by atoms with Crippen molar-refractivity contribution in [2.45, 2.75) is 6.18 Å². The van der Waals surface area contributed by atoms with E-state index in [0.29, 0.717) is 12.4 Å². The molecule has 0 fully saturated rings. The summed E-state index contributed by atoms with van der Waals surface area (Å²) in [6, 6.07) is 4.93. The molecular formula is C11H5F3N4O2. The Kier molecular flexibility index (Phi) is 3.15. The van der Waals surface area contributed by atoms with Crippen LogP contribution in [0.1, 0.15) is 11.1 Å². The highest BCUT2D eigenvalue weighted by atomic mass is 19.4. The highest BCUT2D eigenvalue weighted by molar-refractivity contribution is 5.54. The summed E-state index contributed by atoms with van der Waals surface area (Å²) >= 11 is 0. The lowest BCUT2D eigenvalue weighted by atomic mass is 10.1. The van der Waals surface area contributed by atoms with Crippen LogP contribution in [0.3, 0.4) is 0 Å². The monoisotopic (exact) mass is 282 g/mol. The SMILES string of the molecule is N#Cc1cc([N+](=O)[O-])ccc1-n1cc(C(F)(F)F)cn1. The number of non-ortho nitro benzene ring substituents is 1. The van der Waals surface area contributed by atoms with E-state index in [1.54, 1.807) is 6.07 Å². The number of hydrogen-bond acceptors (Lipinski definition) is 4. The number of halogens is 3. The minimum Gasteiger partial charge on any atom is -0.258 e. The van der Waals surface area contributed by atoms with Gasteiger partial charge in [0.25, 0.3) is 5.69 Å². The summed E-state index contributed by atoms with van der Waals surface area (Å²) in [5.41, 5.74) is -1.40. The minimum atomic E-state index is -4.55. The summed E-state index contributed by atoms with van der Waals surface area (Å²) in [5, 5.41) is 23.0. The first-order chi connectivity index (χ1) is 9.32. The van der Waals surface area contributed by atoms with Gasteiger partial charge < -0.3 is 0 Å². The maximum atomic E-state index is 12.5. The maximum Gasteiger partial charge on any atom is 0.419 e. The van der Waals surface area contributed by atoms with Gasteiger partial charge in [0.2, 0.25) is 0 Å². The topological polar surface area (TPSA) is 84.7 Å². The van der Waals surface area contributed by atoms with E-state index >= 15 is 0 Å². The van der Waals surface area contributed by atoms with Crippen molar-refractivity contribution in [2.24, 2.45) is 0 Å². The Balaban J connectivity index is 2.51. The first-order valence-corrected chi connectivity index (χ1v) is 5.13. The Hall–Kier alpha value is -2.89.